The quantitative estimate of drug-likeness (QED) is 0.0431. The Morgan fingerprint density at radius 3 is 1.53 bits per heavy atom. The Morgan fingerprint density at radius 2 is 1.08 bits per heavy atom. The number of nitrogens with one attached hydrogen (secondary N) is 1. The molecule has 0 radical (unpaired) electrons. The number of alkyl halides is 6. The molecule has 0 atom stereocenters. The summed E-state index contributed by atoms with van der Waals surface area (Å²) in [5.74, 6) is -2.95. The Labute approximate surface area is 364 Å². The number of rotatable bonds is 8. The van der Waals surface area contributed by atoms with Crippen molar-refractivity contribution < 1.29 is 53.7 Å². The van der Waals surface area contributed by atoms with Gasteiger partial charge in [-0.3, -0.25) is 9.51 Å². The third-order valence-corrected chi connectivity index (χ3v) is 9.59. The molecule has 0 spiro atoms. The number of oxime groups is 1. The van der Waals surface area contributed by atoms with Crippen molar-refractivity contribution in [1.82, 2.24) is 30.1 Å². The van der Waals surface area contributed by atoms with E-state index in [2.05, 4.69) is 39.8 Å². The highest BCUT2D eigenvalue weighted by Gasteiger charge is 2.35. The van der Waals surface area contributed by atoms with E-state index in [1.807, 2.05) is 0 Å². The normalized spacial score (nSPS) is 11.9. The lowest BCUT2D eigenvalue weighted by molar-refractivity contribution is -0.141. The fourth-order valence-corrected chi connectivity index (χ4v) is 6.42. The number of hydrogen-bond donors (Lipinski definition) is 3. The number of aromatic nitrogens is 6. The summed E-state index contributed by atoms with van der Waals surface area (Å²) in [6, 6.07) is 25.6. The molecule has 0 saturated heterocycles. The zero-order chi connectivity index (χ0) is 46.8. The standard InChI is InChI=1S/C23H12F4N4O3.C22H14F4N4O2/c24-17-5-4-13(9-16(17)21-30-22(32)34-31-21)12-2-1-3-14(8-12)20-28-18(15-6-7-33-11-15)10-19(29-20)23(25,26)27;23-17-5-4-13(9-16(17)20(27)30-31)12-2-1-3-14(8-12)21-28-18(15-6-7-32-11-15)10-19(29-21)22(24,25)26/h1-11H,(H,30,31,32);1-11,31H,(H2,27,30). The smallest absolute Gasteiger partial charge is 0.439 e. The van der Waals surface area contributed by atoms with Gasteiger partial charge in [-0.15, -0.1) is 0 Å². The first kappa shape index (κ1) is 43.9. The monoisotopic (exact) mass is 910 g/mol. The van der Waals surface area contributed by atoms with E-state index < -0.39 is 47.0 Å². The summed E-state index contributed by atoms with van der Waals surface area (Å²) in [5.41, 5.74) is 6.77. The topological polar surface area (TPSA) is 195 Å². The van der Waals surface area contributed by atoms with Gasteiger partial charge in [0, 0.05) is 22.3 Å². The number of benzene rings is 4. The molecule has 0 aliphatic heterocycles. The number of aromatic amines is 1. The summed E-state index contributed by atoms with van der Waals surface area (Å²) in [5, 5.41) is 15.1. The predicted molar refractivity (Wildman–Crippen MR) is 220 cm³/mol. The molecule has 0 fully saturated rings. The Kier molecular flexibility index (Phi) is 11.8. The van der Waals surface area contributed by atoms with Gasteiger partial charge in [0.1, 0.15) is 23.0 Å². The van der Waals surface area contributed by atoms with Crippen LogP contribution in [0, 0.1) is 11.6 Å². The molecule has 0 unspecified atom stereocenters. The van der Waals surface area contributed by atoms with Crippen molar-refractivity contribution >= 4 is 5.84 Å². The van der Waals surface area contributed by atoms with E-state index in [0.29, 0.717) is 44.5 Å². The summed E-state index contributed by atoms with van der Waals surface area (Å²) >= 11 is 0. The van der Waals surface area contributed by atoms with E-state index >= 15 is 0 Å². The van der Waals surface area contributed by atoms with E-state index in [1.165, 1.54) is 67.5 Å². The summed E-state index contributed by atoms with van der Waals surface area (Å²) in [6.07, 6.45) is -4.13. The van der Waals surface area contributed by atoms with Crippen LogP contribution in [0.3, 0.4) is 0 Å². The van der Waals surface area contributed by atoms with Gasteiger partial charge in [-0.1, -0.05) is 58.8 Å². The lowest BCUT2D eigenvalue weighted by atomic mass is 10.00. The number of furan rings is 2. The molecule has 4 aromatic carbocycles. The van der Waals surface area contributed by atoms with Crippen molar-refractivity contribution in [2.24, 2.45) is 10.9 Å². The predicted octanol–water partition coefficient (Wildman–Crippen LogP) is 10.9. The SMILES string of the molecule is N/C(=N/O)c1cc(-c2cccc(-c3nc(-c4ccoc4)cc(C(F)(F)F)n3)c2)ccc1F.O=c1[nH]c(-c2cc(-c3cccc(-c4nc(-c5ccoc5)cc(C(F)(F)F)n4)c3)ccc2F)no1. The van der Waals surface area contributed by atoms with Crippen molar-refractivity contribution in [3.05, 3.63) is 173 Å². The molecule has 5 aromatic heterocycles. The number of hydrogen-bond acceptors (Lipinski definition) is 11. The van der Waals surface area contributed by atoms with Crippen LogP contribution in [0.15, 0.2) is 158 Å². The Hall–Kier alpha value is -8.75. The van der Waals surface area contributed by atoms with E-state index in [0.717, 1.165) is 18.2 Å². The Morgan fingerprint density at radius 1 is 0.591 bits per heavy atom. The minimum Gasteiger partial charge on any atom is -0.472 e. The second kappa shape index (κ2) is 17.8. The molecule has 0 amide bonds. The molecule has 21 heteroatoms. The van der Waals surface area contributed by atoms with Crippen LogP contribution in [-0.2, 0) is 12.4 Å². The summed E-state index contributed by atoms with van der Waals surface area (Å²) in [7, 11) is 0. The first-order valence-corrected chi connectivity index (χ1v) is 18.9. The highest BCUT2D eigenvalue weighted by atomic mass is 19.4. The number of nitrogens with zero attached hydrogens (tertiary/aromatic N) is 6. The highest BCUT2D eigenvalue weighted by molar-refractivity contribution is 5.98. The van der Waals surface area contributed by atoms with Crippen LogP contribution in [0.5, 0.6) is 0 Å². The molecule has 0 aliphatic rings. The molecule has 4 N–H and O–H groups in total. The third kappa shape index (κ3) is 9.58. The number of amidine groups is 1. The third-order valence-electron chi connectivity index (χ3n) is 9.59. The highest BCUT2D eigenvalue weighted by Crippen LogP contribution is 2.36. The van der Waals surface area contributed by atoms with Gasteiger partial charge in [0.15, 0.2) is 23.3 Å². The fourth-order valence-electron chi connectivity index (χ4n) is 6.42. The molecule has 0 bridgehead atoms. The van der Waals surface area contributed by atoms with Crippen molar-refractivity contribution in [2.45, 2.75) is 12.4 Å². The molecule has 66 heavy (non-hydrogen) atoms. The lowest BCUT2D eigenvalue weighted by Crippen LogP contribution is -2.15. The fraction of sp³-hybridized carbons (Fsp3) is 0.0444. The molecular formula is C45H26F8N8O5. The van der Waals surface area contributed by atoms with Crippen LogP contribution in [0.1, 0.15) is 17.0 Å². The minimum atomic E-state index is -4.69. The van der Waals surface area contributed by atoms with Crippen molar-refractivity contribution in [3.63, 3.8) is 0 Å². The second-order valence-corrected chi connectivity index (χ2v) is 13.9. The Balaban J connectivity index is 0.000000180. The molecule has 9 aromatic rings. The van der Waals surface area contributed by atoms with Crippen molar-refractivity contribution in [1.29, 1.82) is 0 Å². The Bertz CT molecular complexity index is 3270. The second-order valence-electron chi connectivity index (χ2n) is 13.9. The van der Waals surface area contributed by atoms with E-state index in [9.17, 15) is 39.9 Å². The average Bonchev–Trinajstić information content (AvgIpc) is 4.14. The van der Waals surface area contributed by atoms with Crippen molar-refractivity contribution in [3.8, 4) is 78.9 Å². The molecule has 9 rings (SSSR count). The number of H-pyrrole nitrogens is 1. The van der Waals surface area contributed by atoms with Gasteiger partial charge in [-0.25, -0.2) is 33.5 Å². The molecule has 0 aliphatic carbocycles. The van der Waals surface area contributed by atoms with Crippen molar-refractivity contribution in [2.75, 3.05) is 0 Å². The van der Waals surface area contributed by atoms with Gasteiger partial charge in [-0.05, 0) is 82.9 Å². The summed E-state index contributed by atoms with van der Waals surface area (Å²) < 4.78 is 124. The van der Waals surface area contributed by atoms with Crippen LogP contribution >= 0.6 is 0 Å². The molecule has 5 heterocycles. The van der Waals surface area contributed by atoms with E-state index in [-0.39, 0.29) is 40.0 Å². The maximum Gasteiger partial charge on any atom is 0.439 e. The number of nitrogens with two attached hydrogens (primary N) is 1. The first-order chi connectivity index (χ1) is 31.5. The van der Waals surface area contributed by atoms with Crippen LogP contribution in [0.2, 0.25) is 0 Å². The van der Waals surface area contributed by atoms with E-state index in [1.54, 1.807) is 48.5 Å². The van der Waals surface area contributed by atoms with Gasteiger partial charge >= 0.3 is 18.1 Å². The van der Waals surface area contributed by atoms with Crippen LogP contribution in [-0.4, -0.2) is 41.1 Å². The average molecular weight is 911 g/mol. The van der Waals surface area contributed by atoms with Gasteiger partial charge in [-0.2, -0.15) is 26.3 Å². The van der Waals surface area contributed by atoms with Gasteiger partial charge < -0.3 is 19.8 Å². The number of halogens is 8. The zero-order valence-electron chi connectivity index (χ0n) is 33.1. The van der Waals surface area contributed by atoms with Gasteiger partial charge in [0.2, 0.25) is 0 Å². The lowest BCUT2D eigenvalue weighted by Gasteiger charge is -2.11. The van der Waals surface area contributed by atoms with Gasteiger partial charge in [0.05, 0.1) is 47.6 Å². The van der Waals surface area contributed by atoms with Crippen LogP contribution < -0.4 is 11.5 Å². The zero-order valence-corrected chi connectivity index (χ0v) is 33.1. The van der Waals surface area contributed by atoms with Gasteiger partial charge in [0.25, 0.3) is 0 Å². The van der Waals surface area contributed by atoms with Crippen LogP contribution in [0.4, 0.5) is 35.1 Å². The maximum atomic E-state index is 14.3. The van der Waals surface area contributed by atoms with E-state index in [4.69, 9.17) is 19.8 Å². The molecule has 332 valence electrons. The molecule has 0 saturated carbocycles. The molecular weight excluding hydrogens is 885 g/mol. The minimum absolute atomic E-state index is 0.00804. The van der Waals surface area contributed by atoms with Crippen LogP contribution in [0.25, 0.3) is 78.9 Å². The summed E-state index contributed by atoms with van der Waals surface area (Å²) in [6.45, 7) is 0. The maximum absolute atomic E-state index is 14.3. The first-order valence-electron chi connectivity index (χ1n) is 18.9. The summed E-state index contributed by atoms with van der Waals surface area (Å²) in [4.78, 5) is 29.5. The molecule has 13 nitrogen and oxygen atoms in total. The largest absolute Gasteiger partial charge is 0.472 e.